The molecule has 0 radical (unpaired) electrons. The molecule has 2 aromatic heterocycles. The van der Waals surface area contributed by atoms with Crippen LogP contribution in [0.5, 0.6) is 0 Å². The Hall–Kier alpha value is -1.37. The molecular formula is C12H16BrN5O. The van der Waals surface area contributed by atoms with Gasteiger partial charge in [-0.2, -0.15) is 10.2 Å². The molecule has 0 unspecified atom stereocenters. The van der Waals surface area contributed by atoms with Crippen molar-refractivity contribution >= 4 is 15.9 Å². The standard InChI is InChI=1S/C12H16BrN5O/c1-3-17-10(9(13)6-14-17)7-18-12(19)16(2)11(15-18)8-4-5-8/h6,8H,3-5,7H2,1-2H3. The van der Waals surface area contributed by atoms with Gasteiger partial charge in [0.15, 0.2) is 0 Å². The van der Waals surface area contributed by atoms with Crippen LogP contribution in [-0.4, -0.2) is 24.1 Å². The SMILES string of the molecule is CCn1ncc(Br)c1Cn1nc(C2CC2)n(C)c1=O. The molecule has 0 atom stereocenters. The van der Waals surface area contributed by atoms with Crippen LogP contribution in [-0.2, 0) is 20.1 Å². The van der Waals surface area contributed by atoms with Crippen LogP contribution in [0, 0.1) is 0 Å². The highest BCUT2D eigenvalue weighted by molar-refractivity contribution is 9.10. The van der Waals surface area contributed by atoms with E-state index in [0.29, 0.717) is 12.5 Å². The Morgan fingerprint density at radius 1 is 1.42 bits per heavy atom. The Labute approximate surface area is 119 Å². The van der Waals surface area contributed by atoms with Gasteiger partial charge < -0.3 is 0 Å². The fraction of sp³-hybridized carbons (Fsp3) is 0.583. The first kappa shape index (κ1) is 12.7. The normalized spacial score (nSPS) is 15.1. The molecule has 2 heterocycles. The van der Waals surface area contributed by atoms with Crippen molar-refractivity contribution in [2.45, 2.75) is 38.8 Å². The summed E-state index contributed by atoms with van der Waals surface area (Å²) in [7, 11) is 1.80. The molecule has 0 aliphatic heterocycles. The van der Waals surface area contributed by atoms with Crippen molar-refractivity contribution in [3.8, 4) is 0 Å². The van der Waals surface area contributed by atoms with Crippen LogP contribution >= 0.6 is 15.9 Å². The van der Waals surface area contributed by atoms with Crippen LogP contribution < -0.4 is 5.69 Å². The molecule has 0 aromatic carbocycles. The van der Waals surface area contributed by atoms with Crippen molar-refractivity contribution in [1.29, 1.82) is 0 Å². The fourth-order valence-electron chi connectivity index (χ4n) is 2.26. The van der Waals surface area contributed by atoms with Crippen LogP contribution in [0.1, 0.15) is 37.2 Å². The van der Waals surface area contributed by atoms with E-state index in [0.717, 1.165) is 35.4 Å². The summed E-state index contributed by atoms with van der Waals surface area (Å²) in [5.74, 6) is 1.38. The van der Waals surface area contributed by atoms with Gasteiger partial charge in [0, 0.05) is 19.5 Å². The van der Waals surface area contributed by atoms with Gasteiger partial charge in [-0.25, -0.2) is 9.48 Å². The van der Waals surface area contributed by atoms with Crippen LogP contribution in [0.2, 0.25) is 0 Å². The summed E-state index contributed by atoms with van der Waals surface area (Å²) in [6, 6.07) is 0. The monoisotopic (exact) mass is 325 g/mol. The quantitative estimate of drug-likeness (QED) is 0.855. The highest BCUT2D eigenvalue weighted by Gasteiger charge is 2.30. The van der Waals surface area contributed by atoms with E-state index in [1.165, 1.54) is 4.68 Å². The number of rotatable bonds is 4. The van der Waals surface area contributed by atoms with E-state index in [1.54, 1.807) is 17.8 Å². The second kappa shape index (κ2) is 4.63. The number of hydrogen-bond acceptors (Lipinski definition) is 3. The van der Waals surface area contributed by atoms with Gasteiger partial charge in [0.2, 0.25) is 0 Å². The molecule has 19 heavy (non-hydrogen) atoms. The van der Waals surface area contributed by atoms with E-state index >= 15 is 0 Å². The zero-order chi connectivity index (χ0) is 13.6. The Morgan fingerprint density at radius 3 is 2.79 bits per heavy atom. The van der Waals surface area contributed by atoms with E-state index in [9.17, 15) is 4.79 Å². The van der Waals surface area contributed by atoms with Gasteiger partial charge in [0.25, 0.3) is 0 Å². The Bertz CT molecular complexity index is 664. The summed E-state index contributed by atoms with van der Waals surface area (Å²) in [5, 5.41) is 8.72. The van der Waals surface area contributed by atoms with Crippen molar-refractivity contribution in [3.05, 3.63) is 32.7 Å². The minimum atomic E-state index is -0.0577. The van der Waals surface area contributed by atoms with E-state index in [4.69, 9.17) is 0 Å². The number of nitrogens with zero attached hydrogens (tertiary/aromatic N) is 5. The lowest BCUT2D eigenvalue weighted by atomic mass is 10.4. The first-order chi connectivity index (χ1) is 9.11. The Balaban J connectivity index is 1.97. The van der Waals surface area contributed by atoms with Crippen molar-refractivity contribution in [2.75, 3.05) is 0 Å². The molecule has 1 saturated carbocycles. The summed E-state index contributed by atoms with van der Waals surface area (Å²) < 4.78 is 5.99. The first-order valence-electron chi connectivity index (χ1n) is 6.45. The minimum Gasteiger partial charge on any atom is -0.282 e. The summed E-state index contributed by atoms with van der Waals surface area (Å²) in [6.07, 6.45) is 4.04. The Kier molecular flexibility index (Phi) is 3.08. The predicted octanol–water partition coefficient (Wildman–Crippen LogP) is 1.49. The number of aryl methyl sites for hydroxylation is 1. The number of hydrogen-bond donors (Lipinski definition) is 0. The highest BCUT2D eigenvalue weighted by atomic mass is 79.9. The second-order valence-corrected chi connectivity index (χ2v) is 5.74. The van der Waals surface area contributed by atoms with Crippen LogP contribution in [0.15, 0.2) is 15.5 Å². The average Bonchev–Trinajstić information content (AvgIpc) is 3.13. The van der Waals surface area contributed by atoms with Crippen LogP contribution in [0.3, 0.4) is 0 Å². The lowest BCUT2D eigenvalue weighted by Crippen LogP contribution is -2.25. The molecule has 6 nitrogen and oxygen atoms in total. The molecule has 7 heteroatoms. The molecule has 0 saturated heterocycles. The summed E-state index contributed by atoms with van der Waals surface area (Å²) in [5.41, 5.74) is 0.919. The molecule has 0 spiro atoms. The smallest absolute Gasteiger partial charge is 0.282 e. The van der Waals surface area contributed by atoms with Gasteiger partial charge in [0.05, 0.1) is 22.9 Å². The lowest BCUT2D eigenvalue weighted by molar-refractivity contribution is 0.561. The van der Waals surface area contributed by atoms with Crippen molar-refractivity contribution in [3.63, 3.8) is 0 Å². The zero-order valence-corrected chi connectivity index (χ0v) is 12.6. The number of aromatic nitrogens is 5. The second-order valence-electron chi connectivity index (χ2n) is 4.89. The fourth-order valence-corrected chi connectivity index (χ4v) is 2.69. The molecule has 2 aromatic rings. The van der Waals surface area contributed by atoms with E-state index in [2.05, 4.69) is 26.1 Å². The summed E-state index contributed by atoms with van der Waals surface area (Å²) in [6.45, 7) is 3.26. The molecule has 1 fully saturated rings. The molecule has 0 amide bonds. The third-order valence-electron chi connectivity index (χ3n) is 3.51. The molecule has 0 N–H and O–H groups in total. The summed E-state index contributed by atoms with van der Waals surface area (Å²) in [4.78, 5) is 12.2. The van der Waals surface area contributed by atoms with Gasteiger partial charge in [0.1, 0.15) is 5.82 Å². The minimum absolute atomic E-state index is 0.0577. The van der Waals surface area contributed by atoms with Gasteiger partial charge in [-0.05, 0) is 35.7 Å². The van der Waals surface area contributed by atoms with Crippen molar-refractivity contribution in [1.82, 2.24) is 24.1 Å². The molecule has 1 aliphatic carbocycles. The maximum absolute atomic E-state index is 12.2. The van der Waals surface area contributed by atoms with Crippen LogP contribution in [0.4, 0.5) is 0 Å². The topological polar surface area (TPSA) is 57.6 Å². The molecule has 0 bridgehead atoms. The molecule has 3 rings (SSSR count). The predicted molar refractivity (Wildman–Crippen MR) is 74.1 cm³/mol. The first-order valence-corrected chi connectivity index (χ1v) is 7.25. The van der Waals surface area contributed by atoms with Gasteiger partial charge in [-0.3, -0.25) is 9.25 Å². The van der Waals surface area contributed by atoms with E-state index < -0.39 is 0 Å². The highest BCUT2D eigenvalue weighted by Crippen LogP contribution is 2.38. The average molecular weight is 326 g/mol. The third-order valence-corrected chi connectivity index (χ3v) is 4.18. The van der Waals surface area contributed by atoms with Crippen LogP contribution in [0.25, 0.3) is 0 Å². The van der Waals surface area contributed by atoms with Crippen molar-refractivity contribution < 1.29 is 0 Å². The zero-order valence-electron chi connectivity index (χ0n) is 11.0. The molecular weight excluding hydrogens is 310 g/mol. The van der Waals surface area contributed by atoms with Gasteiger partial charge >= 0.3 is 5.69 Å². The van der Waals surface area contributed by atoms with E-state index in [1.807, 2.05) is 11.6 Å². The summed E-state index contributed by atoms with van der Waals surface area (Å²) >= 11 is 3.47. The Morgan fingerprint density at radius 2 is 2.16 bits per heavy atom. The third kappa shape index (κ3) is 2.16. The van der Waals surface area contributed by atoms with E-state index in [-0.39, 0.29) is 5.69 Å². The maximum atomic E-state index is 12.2. The largest absolute Gasteiger partial charge is 0.346 e. The maximum Gasteiger partial charge on any atom is 0.346 e. The lowest BCUT2D eigenvalue weighted by Gasteiger charge is -2.04. The number of halogens is 1. The van der Waals surface area contributed by atoms with Crippen molar-refractivity contribution in [2.24, 2.45) is 7.05 Å². The van der Waals surface area contributed by atoms with Gasteiger partial charge in [-0.15, -0.1) is 0 Å². The molecule has 1 aliphatic rings. The molecule has 102 valence electrons. The van der Waals surface area contributed by atoms with Gasteiger partial charge in [-0.1, -0.05) is 0 Å².